The highest BCUT2D eigenvalue weighted by Crippen LogP contribution is 2.25. The number of rotatable bonds is 5. The monoisotopic (exact) mass is 273 g/mol. The van der Waals surface area contributed by atoms with Gasteiger partial charge in [-0.1, -0.05) is 24.3 Å². The van der Waals surface area contributed by atoms with Crippen LogP contribution in [0.25, 0.3) is 10.8 Å². The Morgan fingerprint density at radius 3 is 2.45 bits per heavy atom. The molecule has 0 aromatic heterocycles. The van der Waals surface area contributed by atoms with Gasteiger partial charge in [0.05, 0.1) is 19.3 Å². The van der Waals surface area contributed by atoms with Crippen LogP contribution < -0.4 is 10.1 Å². The van der Waals surface area contributed by atoms with E-state index in [1.54, 1.807) is 14.2 Å². The van der Waals surface area contributed by atoms with Crippen molar-refractivity contribution >= 4 is 16.7 Å². The molecule has 0 aliphatic rings. The maximum atomic E-state index is 12.3. The minimum absolute atomic E-state index is 0.0522. The molecule has 1 N–H and O–H groups in total. The van der Waals surface area contributed by atoms with Crippen molar-refractivity contribution in [1.29, 1.82) is 0 Å². The van der Waals surface area contributed by atoms with E-state index in [1.807, 2.05) is 43.3 Å². The third-order valence-corrected chi connectivity index (χ3v) is 3.11. The van der Waals surface area contributed by atoms with Crippen LogP contribution in [0.2, 0.25) is 0 Å². The molecule has 4 heteroatoms. The van der Waals surface area contributed by atoms with E-state index in [9.17, 15) is 4.79 Å². The summed E-state index contributed by atoms with van der Waals surface area (Å²) in [6, 6.07) is 11.6. The van der Waals surface area contributed by atoms with Crippen molar-refractivity contribution in [3.8, 4) is 5.75 Å². The number of fused-ring (bicyclic) bond motifs is 1. The largest absolute Gasteiger partial charge is 0.496 e. The van der Waals surface area contributed by atoms with Crippen LogP contribution in [0, 0.1) is 0 Å². The number of carbonyl (C=O) groups excluding carboxylic acids is 1. The Bertz CT molecular complexity index is 610. The first-order chi connectivity index (χ1) is 9.65. The number of carbonyl (C=O) groups is 1. The molecule has 0 heterocycles. The first-order valence-electron chi connectivity index (χ1n) is 6.52. The molecule has 0 saturated heterocycles. The zero-order valence-electron chi connectivity index (χ0n) is 12.0. The van der Waals surface area contributed by atoms with E-state index < -0.39 is 0 Å². The van der Waals surface area contributed by atoms with Gasteiger partial charge in [-0.2, -0.15) is 0 Å². The maximum absolute atomic E-state index is 12.3. The molecule has 0 radical (unpaired) electrons. The van der Waals surface area contributed by atoms with Gasteiger partial charge in [0.1, 0.15) is 5.75 Å². The summed E-state index contributed by atoms with van der Waals surface area (Å²) in [4.78, 5) is 12.3. The third kappa shape index (κ3) is 3.08. The molecule has 0 saturated carbocycles. The molecule has 0 unspecified atom stereocenters. The van der Waals surface area contributed by atoms with Crippen molar-refractivity contribution in [2.45, 2.75) is 13.0 Å². The summed E-state index contributed by atoms with van der Waals surface area (Å²) in [5.41, 5.74) is 0.536. The molecule has 20 heavy (non-hydrogen) atoms. The van der Waals surface area contributed by atoms with Gasteiger partial charge in [-0.05, 0) is 29.8 Å². The standard InChI is InChI=1S/C16H19NO3/c1-11(10-19-2)17-16(18)14-8-12-6-4-5-7-13(12)9-15(14)20-3/h4-9,11H,10H2,1-3H3,(H,17,18)/t11-/m0/s1. The number of amides is 1. The summed E-state index contributed by atoms with van der Waals surface area (Å²) in [7, 11) is 3.18. The Balaban J connectivity index is 2.34. The highest BCUT2D eigenvalue weighted by atomic mass is 16.5. The normalized spacial score (nSPS) is 12.2. The highest BCUT2D eigenvalue weighted by Gasteiger charge is 2.15. The Labute approximate surface area is 118 Å². The fraction of sp³-hybridized carbons (Fsp3) is 0.312. The second-order valence-electron chi connectivity index (χ2n) is 4.73. The van der Waals surface area contributed by atoms with Crippen LogP contribution in [0.4, 0.5) is 0 Å². The second-order valence-corrected chi connectivity index (χ2v) is 4.73. The van der Waals surface area contributed by atoms with E-state index in [1.165, 1.54) is 0 Å². The first kappa shape index (κ1) is 14.3. The molecule has 2 aromatic rings. The number of methoxy groups -OCH3 is 2. The fourth-order valence-corrected chi connectivity index (χ4v) is 2.16. The number of benzene rings is 2. The van der Waals surface area contributed by atoms with E-state index in [0.29, 0.717) is 17.9 Å². The van der Waals surface area contributed by atoms with Gasteiger partial charge in [0.25, 0.3) is 5.91 Å². The number of nitrogens with one attached hydrogen (secondary N) is 1. The molecule has 2 aromatic carbocycles. The minimum atomic E-state index is -0.155. The van der Waals surface area contributed by atoms with Crippen molar-refractivity contribution in [2.24, 2.45) is 0 Å². The summed E-state index contributed by atoms with van der Waals surface area (Å²) >= 11 is 0. The van der Waals surface area contributed by atoms with E-state index in [2.05, 4.69) is 5.32 Å². The summed E-state index contributed by atoms with van der Waals surface area (Å²) in [5, 5.41) is 4.95. The zero-order valence-corrected chi connectivity index (χ0v) is 12.0. The fourth-order valence-electron chi connectivity index (χ4n) is 2.16. The molecule has 0 aliphatic carbocycles. The molecule has 106 valence electrons. The second kappa shape index (κ2) is 6.39. The molecule has 0 fully saturated rings. The SMILES string of the molecule is COC[C@H](C)NC(=O)c1cc2ccccc2cc1OC. The molecule has 0 bridgehead atoms. The minimum Gasteiger partial charge on any atom is -0.496 e. The van der Waals surface area contributed by atoms with Crippen LogP contribution in [0.5, 0.6) is 5.75 Å². The smallest absolute Gasteiger partial charge is 0.255 e. The number of hydrogen-bond acceptors (Lipinski definition) is 3. The Morgan fingerprint density at radius 2 is 1.85 bits per heavy atom. The van der Waals surface area contributed by atoms with Crippen LogP contribution in [0.3, 0.4) is 0 Å². The quantitative estimate of drug-likeness (QED) is 0.911. The van der Waals surface area contributed by atoms with Gasteiger partial charge in [0.15, 0.2) is 0 Å². The summed E-state index contributed by atoms with van der Waals surface area (Å²) < 4.78 is 10.3. The predicted octanol–water partition coefficient (Wildman–Crippen LogP) is 2.61. The predicted molar refractivity (Wildman–Crippen MR) is 79.3 cm³/mol. The van der Waals surface area contributed by atoms with Gasteiger partial charge >= 0.3 is 0 Å². The Hall–Kier alpha value is -2.07. The van der Waals surface area contributed by atoms with Crippen LogP contribution in [-0.2, 0) is 4.74 Å². The number of ether oxygens (including phenoxy) is 2. The van der Waals surface area contributed by atoms with Crippen LogP contribution in [0.15, 0.2) is 36.4 Å². The van der Waals surface area contributed by atoms with E-state index in [4.69, 9.17) is 9.47 Å². The molecule has 0 spiro atoms. The summed E-state index contributed by atoms with van der Waals surface area (Å²) in [6.45, 7) is 2.37. The summed E-state index contributed by atoms with van der Waals surface area (Å²) in [6.07, 6.45) is 0. The first-order valence-corrected chi connectivity index (χ1v) is 6.52. The average Bonchev–Trinajstić information content (AvgIpc) is 2.45. The van der Waals surface area contributed by atoms with Crippen LogP contribution in [0.1, 0.15) is 17.3 Å². The Kier molecular flexibility index (Phi) is 4.58. The zero-order chi connectivity index (χ0) is 14.5. The lowest BCUT2D eigenvalue weighted by Crippen LogP contribution is -2.35. The summed E-state index contributed by atoms with van der Waals surface area (Å²) in [5.74, 6) is 0.419. The van der Waals surface area contributed by atoms with E-state index >= 15 is 0 Å². The molecular formula is C16H19NO3. The molecule has 2 rings (SSSR count). The van der Waals surface area contributed by atoms with Crippen molar-refractivity contribution in [2.75, 3.05) is 20.8 Å². The van der Waals surface area contributed by atoms with Gasteiger partial charge in [0, 0.05) is 13.2 Å². The van der Waals surface area contributed by atoms with Crippen molar-refractivity contribution in [3.63, 3.8) is 0 Å². The maximum Gasteiger partial charge on any atom is 0.255 e. The lowest BCUT2D eigenvalue weighted by Gasteiger charge is -2.15. The highest BCUT2D eigenvalue weighted by molar-refractivity contribution is 6.01. The van der Waals surface area contributed by atoms with Gasteiger partial charge in [-0.15, -0.1) is 0 Å². The van der Waals surface area contributed by atoms with Gasteiger partial charge in [0.2, 0.25) is 0 Å². The lowest BCUT2D eigenvalue weighted by molar-refractivity contribution is 0.0903. The van der Waals surface area contributed by atoms with Crippen LogP contribution in [-0.4, -0.2) is 32.8 Å². The van der Waals surface area contributed by atoms with E-state index in [-0.39, 0.29) is 11.9 Å². The number of hydrogen-bond donors (Lipinski definition) is 1. The third-order valence-electron chi connectivity index (χ3n) is 3.11. The van der Waals surface area contributed by atoms with E-state index in [0.717, 1.165) is 10.8 Å². The van der Waals surface area contributed by atoms with Gasteiger partial charge in [-0.25, -0.2) is 0 Å². The van der Waals surface area contributed by atoms with Crippen molar-refractivity contribution < 1.29 is 14.3 Å². The molecular weight excluding hydrogens is 254 g/mol. The topological polar surface area (TPSA) is 47.6 Å². The lowest BCUT2D eigenvalue weighted by atomic mass is 10.1. The average molecular weight is 273 g/mol. The Morgan fingerprint density at radius 1 is 1.20 bits per heavy atom. The van der Waals surface area contributed by atoms with Gasteiger partial charge in [-0.3, -0.25) is 4.79 Å². The molecule has 1 atom stereocenters. The van der Waals surface area contributed by atoms with Crippen molar-refractivity contribution in [1.82, 2.24) is 5.32 Å². The van der Waals surface area contributed by atoms with Gasteiger partial charge < -0.3 is 14.8 Å². The van der Waals surface area contributed by atoms with Crippen LogP contribution >= 0.6 is 0 Å². The van der Waals surface area contributed by atoms with Crippen molar-refractivity contribution in [3.05, 3.63) is 42.0 Å². The molecule has 0 aliphatic heterocycles. The molecule has 4 nitrogen and oxygen atoms in total. The molecule has 1 amide bonds.